The Hall–Kier alpha value is -2.54. The van der Waals surface area contributed by atoms with Crippen LogP contribution < -0.4 is 14.3 Å². The van der Waals surface area contributed by atoms with Gasteiger partial charge in [-0.2, -0.15) is 8.42 Å². The van der Waals surface area contributed by atoms with E-state index in [4.69, 9.17) is 0 Å². The van der Waals surface area contributed by atoms with E-state index in [9.17, 15) is 31.1 Å². The van der Waals surface area contributed by atoms with Crippen molar-refractivity contribution in [1.29, 1.82) is 0 Å². The van der Waals surface area contributed by atoms with Gasteiger partial charge in [-0.05, 0) is 30.5 Å². The molecule has 0 aliphatic carbocycles. The second kappa shape index (κ2) is 7.13. The number of hydrogen-bond acceptors (Lipinski definition) is 7. The van der Waals surface area contributed by atoms with Gasteiger partial charge in [0.05, 0.1) is 6.26 Å². The van der Waals surface area contributed by atoms with E-state index in [-0.39, 0.29) is 6.54 Å². The van der Waals surface area contributed by atoms with E-state index in [0.717, 1.165) is 12.3 Å². The first-order valence-corrected chi connectivity index (χ1v) is 11.5. The number of rotatable bonds is 5. The molecular weight excluding hydrogens is 415 g/mol. The highest BCUT2D eigenvalue weighted by Gasteiger charge is 2.37. The highest BCUT2D eigenvalue weighted by atomic mass is 32.2. The molecule has 0 radical (unpaired) electrons. The number of anilines is 1. The van der Waals surface area contributed by atoms with Crippen molar-refractivity contribution in [2.45, 2.75) is 19.4 Å². The summed E-state index contributed by atoms with van der Waals surface area (Å²) in [5.41, 5.74) is 0.340. The largest absolute Gasteiger partial charge is 0.506 e. The average molecular weight is 434 g/mol. The van der Waals surface area contributed by atoms with Crippen molar-refractivity contribution >= 4 is 31.8 Å². The molecule has 3 rings (SSSR count). The van der Waals surface area contributed by atoms with Crippen molar-refractivity contribution in [3.8, 4) is 5.75 Å². The molecule has 2 heterocycles. The van der Waals surface area contributed by atoms with Gasteiger partial charge in [0.2, 0.25) is 10.0 Å². The Bertz CT molecular complexity index is 1030. The van der Waals surface area contributed by atoms with Crippen LogP contribution in [0.25, 0.3) is 0 Å². The number of allylic oxidation sites excluding steroid dienone is 1. The van der Waals surface area contributed by atoms with Crippen LogP contribution in [0.3, 0.4) is 0 Å². The van der Waals surface area contributed by atoms with Gasteiger partial charge in [0.15, 0.2) is 5.82 Å². The van der Waals surface area contributed by atoms with Crippen LogP contribution in [0.1, 0.15) is 18.4 Å². The van der Waals surface area contributed by atoms with E-state index in [2.05, 4.69) is 5.32 Å². The summed E-state index contributed by atoms with van der Waals surface area (Å²) in [4.78, 5) is 11.3. The Labute approximate surface area is 161 Å². The van der Waals surface area contributed by atoms with Gasteiger partial charge in [0.1, 0.15) is 18.0 Å². The van der Waals surface area contributed by atoms with E-state index in [1.807, 2.05) is 0 Å². The Balaban J connectivity index is 1.78. The van der Waals surface area contributed by atoms with Crippen LogP contribution in [0, 0.1) is 5.82 Å². The number of halogens is 1. The number of hydrogen-bond donors (Lipinski definition) is 3. The van der Waals surface area contributed by atoms with Crippen molar-refractivity contribution in [3.05, 3.63) is 35.4 Å². The van der Waals surface area contributed by atoms with Gasteiger partial charge in [-0.25, -0.2) is 21.8 Å². The molecule has 2 aliphatic rings. The van der Waals surface area contributed by atoms with Gasteiger partial charge >= 0.3 is 10.2 Å². The summed E-state index contributed by atoms with van der Waals surface area (Å²) >= 11 is 0. The number of aromatic hydroxyl groups is 1. The number of carbonyl (C=O) groups excluding carboxylic acids is 1. The highest BCUT2D eigenvalue weighted by Crippen LogP contribution is 2.34. The van der Waals surface area contributed by atoms with Crippen LogP contribution in [0.4, 0.5) is 10.1 Å². The normalized spacial score (nSPS) is 19.4. The van der Waals surface area contributed by atoms with Crippen LogP contribution in [0.2, 0.25) is 0 Å². The first-order chi connectivity index (χ1) is 13.0. The van der Waals surface area contributed by atoms with E-state index in [1.165, 1.54) is 16.6 Å². The third-order valence-corrected chi connectivity index (χ3v) is 6.76. The summed E-state index contributed by atoms with van der Waals surface area (Å²) < 4.78 is 64.8. The molecule has 1 aromatic rings. The monoisotopic (exact) mass is 434 g/mol. The number of phenolic OH excluding ortho intramolecular Hbond substituents is 1. The van der Waals surface area contributed by atoms with Gasteiger partial charge in [-0.15, -0.1) is 0 Å². The maximum atomic E-state index is 14.5. The quantitative estimate of drug-likeness (QED) is 0.579. The SMILES string of the molecule is CS(=O)(=O)N1C=C(NCc2cc(O)c(N3CC(=O)NS3(=O)=O)c(F)c2)CCC1. The first kappa shape index (κ1) is 20.2. The van der Waals surface area contributed by atoms with Crippen LogP contribution in [0.15, 0.2) is 24.0 Å². The number of amides is 1. The fourth-order valence-corrected chi connectivity index (χ4v) is 4.92. The van der Waals surface area contributed by atoms with Gasteiger partial charge in [0.25, 0.3) is 5.91 Å². The van der Waals surface area contributed by atoms with Crippen LogP contribution in [-0.4, -0.2) is 51.5 Å². The molecule has 0 saturated carbocycles. The van der Waals surface area contributed by atoms with E-state index in [0.29, 0.717) is 35.0 Å². The zero-order valence-electron chi connectivity index (χ0n) is 14.8. The molecule has 2 aliphatic heterocycles. The Morgan fingerprint density at radius 1 is 1.36 bits per heavy atom. The number of sulfonamides is 1. The molecule has 0 spiro atoms. The summed E-state index contributed by atoms with van der Waals surface area (Å²) in [6.45, 7) is -0.165. The predicted molar refractivity (Wildman–Crippen MR) is 98.2 cm³/mol. The Morgan fingerprint density at radius 3 is 2.64 bits per heavy atom. The molecule has 1 aromatic carbocycles. The second-order valence-electron chi connectivity index (χ2n) is 6.47. The smallest absolute Gasteiger partial charge is 0.326 e. The summed E-state index contributed by atoms with van der Waals surface area (Å²) in [5, 5.41) is 13.1. The summed E-state index contributed by atoms with van der Waals surface area (Å²) in [7, 11) is -7.61. The maximum absolute atomic E-state index is 14.5. The van der Waals surface area contributed by atoms with Crippen molar-refractivity contribution in [2.75, 3.05) is 23.7 Å². The second-order valence-corrected chi connectivity index (χ2v) is 10.00. The molecule has 154 valence electrons. The maximum Gasteiger partial charge on any atom is 0.326 e. The number of carbonyl (C=O) groups is 1. The van der Waals surface area contributed by atoms with E-state index in [1.54, 1.807) is 4.72 Å². The number of benzene rings is 1. The molecule has 0 aromatic heterocycles. The third-order valence-electron chi connectivity index (χ3n) is 4.24. The predicted octanol–water partition coefficient (Wildman–Crippen LogP) is -0.301. The molecule has 1 fully saturated rings. The summed E-state index contributed by atoms with van der Waals surface area (Å²) in [5.74, 6) is -2.47. The lowest BCUT2D eigenvalue weighted by atomic mass is 10.1. The van der Waals surface area contributed by atoms with Crippen molar-refractivity contribution in [1.82, 2.24) is 14.3 Å². The van der Waals surface area contributed by atoms with Gasteiger partial charge in [0, 0.05) is 25.0 Å². The highest BCUT2D eigenvalue weighted by molar-refractivity contribution is 7.92. The minimum atomic E-state index is -4.25. The van der Waals surface area contributed by atoms with Gasteiger partial charge < -0.3 is 10.4 Å². The number of nitrogens with zero attached hydrogens (tertiary/aromatic N) is 2. The van der Waals surface area contributed by atoms with E-state index >= 15 is 0 Å². The molecule has 13 heteroatoms. The standard InChI is InChI=1S/C15H19FN4O6S2/c1-27(23,24)19-4-2-3-11(8-19)17-7-10-5-12(16)15(13(21)6-10)20-9-14(22)18-28(20,25)26/h5-6,8,17,21H,2-4,7,9H2,1H3,(H,18,22). The first-order valence-electron chi connectivity index (χ1n) is 8.23. The fourth-order valence-electron chi connectivity index (χ4n) is 2.97. The molecule has 3 N–H and O–H groups in total. The molecule has 0 bridgehead atoms. The lowest BCUT2D eigenvalue weighted by Crippen LogP contribution is -2.31. The van der Waals surface area contributed by atoms with Crippen molar-refractivity contribution in [3.63, 3.8) is 0 Å². The molecule has 28 heavy (non-hydrogen) atoms. The number of nitrogens with one attached hydrogen (secondary N) is 2. The van der Waals surface area contributed by atoms with Crippen molar-refractivity contribution < 1.29 is 31.1 Å². The Kier molecular flexibility index (Phi) is 5.14. The number of phenols is 1. The lowest BCUT2D eigenvalue weighted by Gasteiger charge is -2.25. The third kappa shape index (κ3) is 4.14. The zero-order chi connectivity index (χ0) is 20.7. The van der Waals surface area contributed by atoms with Crippen molar-refractivity contribution in [2.24, 2.45) is 0 Å². The summed E-state index contributed by atoms with van der Waals surface area (Å²) in [6, 6.07) is 2.22. The molecule has 0 unspecified atom stereocenters. The van der Waals surface area contributed by atoms with Gasteiger partial charge in [-0.3, -0.25) is 9.10 Å². The minimum absolute atomic E-state index is 0.0815. The Morgan fingerprint density at radius 2 is 2.07 bits per heavy atom. The molecule has 0 atom stereocenters. The van der Waals surface area contributed by atoms with Crippen LogP contribution in [0.5, 0.6) is 5.75 Å². The molecule has 1 amide bonds. The van der Waals surface area contributed by atoms with Gasteiger partial charge in [-0.1, -0.05) is 0 Å². The molecule has 1 saturated heterocycles. The van der Waals surface area contributed by atoms with E-state index < -0.39 is 49.9 Å². The molecule has 10 nitrogen and oxygen atoms in total. The lowest BCUT2D eigenvalue weighted by molar-refractivity contribution is -0.117. The zero-order valence-corrected chi connectivity index (χ0v) is 16.5. The topological polar surface area (TPSA) is 136 Å². The average Bonchev–Trinajstić information content (AvgIpc) is 2.84. The van der Waals surface area contributed by atoms with Crippen LogP contribution in [-0.2, 0) is 31.6 Å². The fraction of sp³-hybridized carbons (Fsp3) is 0.400. The summed E-state index contributed by atoms with van der Waals surface area (Å²) in [6.07, 6.45) is 3.80. The van der Waals surface area contributed by atoms with Crippen LogP contribution >= 0.6 is 0 Å². The molecular formula is C15H19FN4O6S2. The minimum Gasteiger partial charge on any atom is -0.506 e.